The molecule has 2 rings (SSSR count). The molecule has 1 saturated heterocycles. The van der Waals surface area contributed by atoms with E-state index >= 15 is 0 Å². The number of hydrazine groups is 1. The molecule has 0 aromatic heterocycles. The Kier molecular flexibility index (Phi) is 3.64. The summed E-state index contributed by atoms with van der Waals surface area (Å²) in [6.07, 6.45) is 1.93. The molecule has 4 nitrogen and oxygen atoms in total. The fourth-order valence-corrected chi connectivity index (χ4v) is 2.21. The van der Waals surface area contributed by atoms with Crippen molar-refractivity contribution in [3.05, 3.63) is 30.3 Å². The number of carbonyl (C=O) groups is 1. The number of para-hydroxylation sites is 1. The topological polar surface area (TPSA) is 35.6 Å². The first-order chi connectivity index (χ1) is 8.22. The second kappa shape index (κ2) is 5.19. The maximum atomic E-state index is 11.2. The van der Waals surface area contributed by atoms with Crippen LogP contribution in [0, 0.1) is 0 Å². The van der Waals surface area contributed by atoms with Crippen molar-refractivity contribution in [1.29, 1.82) is 0 Å². The van der Waals surface area contributed by atoms with E-state index in [2.05, 4.69) is 24.2 Å². The third kappa shape index (κ3) is 2.58. The van der Waals surface area contributed by atoms with Crippen molar-refractivity contribution in [3.8, 4) is 0 Å². The zero-order valence-corrected chi connectivity index (χ0v) is 10.3. The third-order valence-corrected chi connectivity index (χ3v) is 3.06. The molecule has 1 aliphatic rings. The summed E-state index contributed by atoms with van der Waals surface area (Å²) in [5.41, 5.74) is 1.05. The molecule has 0 aliphatic carbocycles. The minimum absolute atomic E-state index is 0.0669. The van der Waals surface area contributed by atoms with Crippen molar-refractivity contribution in [1.82, 2.24) is 10.0 Å². The van der Waals surface area contributed by atoms with E-state index in [1.54, 1.807) is 5.01 Å². The normalized spacial score (nSPS) is 20.9. The van der Waals surface area contributed by atoms with Crippen molar-refractivity contribution in [2.75, 3.05) is 11.9 Å². The lowest BCUT2D eigenvalue weighted by Crippen LogP contribution is -2.46. The molecule has 1 heterocycles. The number of nitrogens with zero attached hydrogens (tertiary/aromatic N) is 2. The Hall–Kier alpha value is -1.55. The van der Waals surface area contributed by atoms with Crippen LogP contribution in [0.4, 0.5) is 5.69 Å². The number of hydrogen-bond donors (Lipinski definition) is 1. The van der Waals surface area contributed by atoms with Gasteiger partial charge in [0.05, 0.1) is 0 Å². The molecule has 1 aromatic rings. The SMILES string of the molecule is CC(C)N1CC[C@H](Nc2ccccc2)N1C=O. The van der Waals surface area contributed by atoms with E-state index in [0.29, 0.717) is 6.04 Å². The van der Waals surface area contributed by atoms with Gasteiger partial charge in [-0.1, -0.05) is 18.2 Å². The number of carbonyl (C=O) groups excluding carboxylic acids is 1. The lowest BCUT2D eigenvalue weighted by atomic mass is 10.3. The second-order valence-electron chi connectivity index (χ2n) is 4.56. The van der Waals surface area contributed by atoms with Crippen LogP contribution in [0.15, 0.2) is 30.3 Å². The van der Waals surface area contributed by atoms with Crippen LogP contribution in [0.5, 0.6) is 0 Å². The van der Waals surface area contributed by atoms with Gasteiger partial charge in [-0.25, -0.2) is 5.01 Å². The van der Waals surface area contributed by atoms with Gasteiger partial charge in [-0.2, -0.15) is 0 Å². The summed E-state index contributed by atoms with van der Waals surface area (Å²) >= 11 is 0. The Balaban J connectivity index is 2.05. The molecule has 0 unspecified atom stereocenters. The smallest absolute Gasteiger partial charge is 0.225 e. The van der Waals surface area contributed by atoms with Crippen LogP contribution in [-0.2, 0) is 4.79 Å². The van der Waals surface area contributed by atoms with E-state index in [1.807, 2.05) is 30.3 Å². The van der Waals surface area contributed by atoms with Crippen molar-refractivity contribution < 1.29 is 4.79 Å². The van der Waals surface area contributed by atoms with Crippen LogP contribution in [-0.4, -0.2) is 35.2 Å². The predicted octanol–water partition coefficient (Wildman–Crippen LogP) is 1.91. The van der Waals surface area contributed by atoms with Gasteiger partial charge in [-0.05, 0) is 26.0 Å². The van der Waals surface area contributed by atoms with Crippen molar-refractivity contribution in [2.24, 2.45) is 0 Å². The highest BCUT2D eigenvalue weighted by atomic mass is 16.2. The Morgan fingerprint density at radius 3 is 2.65 bits per heavy atom. The summed E-state index contributed by atoms with van der Waals surface area (Å²) in [6.45, 7) is 5.11. The zero-order chi connectivity index (χ0) is 12.3. The Labute approximate surface area is 102 Å². The van der Waals surface area contributed by atoms with Gasteiger partial charge in [0.1, 0.15) is 6.17 Å². The average molecular weight is 233 g/mol. The summed E-state index contributed by atoms with van der Waals surface area (Å²) in [5, 5.41) is 7.23. The van der Waals surface area contributed by atoms with Crippen LogP contribution < -0.4 is 5.32 Å². The van der Waals surface area contributed by atoms with Gasteiger partial charge in [0.25, 0.3) is 0 Å². The van der Waals surface area contributed by atoms with E-state index in [1.165, 1.54) is 0 Å². The molecule has 1 fully saturated rings. The number of nitrogens with one attached hydrogen (secondary N) is 1. The fourth-order valence-electron chi connectivity index (χ4n) is 2.21. The molecule has 0 spiro atoms. The molecule has 1 N–H and O–H groups in total. The van der Waals surface area contributed by atoms with Crippen LogP contribution in [0.3, 0.4) is 0 Å². The molecule has 92 valence electrons. The molecule has 17 heavy (non-hydrogen) atoms. The molecule has 1 amide bonds. The maximum Gasteiger partial charge on any atom is 0.225 e. The van der Waals surface area contributed by atoms with Crippen LogP contribution in [0.25, 0.3) is 0 Å². The quantitative estimate of drug-likeness (QED) is 0.807. The third-order valence-electron chi connectivity index (χ3n) is 3.06. The minimum Gasteiger partial charge on any atom is -0.364 e. The number of benzene rings is 1. The first-order valence-corrected chi connectivity index (χ1v) is 6.04. The summed E-state index contributed by atoms with van der Waals surface area (Å²) < 4.78 is 0. The van der Waals surface area contributed by atoms with Gasteiger partial charge < -0.3 is 5.32 Å². The van der Waals surface area contributed by atoms with Gasteiger partial charge in [0.15, 0.2) is 0 Å². The number of hydrogen-bond acceptors (Lipinski definition) is 3. The molecular formula is C13H19N3O. The van der Waals surface area contributed by atoms with Gasteiger partial charge in [0.2, 0.25) is 6.41 Å². The summed E-state index contributed by atoms with van der Waals surface area (Å²) in [4.78, 5) is 11.2. The number of anilines is 1. The number of rotatable bonds is 4. The molecule has 0 radical (unpaired) electrons. The lowest BCUT2D eigenvalue weighted by molar-refractivity contribution is -0.134. The van der Waals surface area contributed by atoms with E-state index in [0.717, 1.165) is 25.1 Å². The molecule has 0 saturated carbocycles. The monoisotopic (exact) mass is 233 g/mol. The molecule has 1 aromatic carbocycles. The van der Waals surface area contributed by atoms with E-state index in [9.17, 15) is 4.79 Å². The molecular weight excluding hydrogens is 214 g/mol. The molecule has 1 atom stereocenters. The second-order valence-corrected chi connectivity index (χ2v) is 4.56. The van der Waals surface area contributed by atoms with E-state index in [-0.39, 0.29) is 6.17 Å². The van der Waals surface area contributed by atoms with Crippen LogP contribution in [0.1, 0.15) is 20.3 Å². The van der Waals surface area contributed by atoms with Gasteiger partial charge in [-0.3, -0.25) is 9.80 Å². The predicted molar refractivity (Wildman–Crippen MR) is 68.2 cm³/mol. The van der Waals surface area contributed by atoms with Crippen molar-refractivity contribution >= 4 is 12.1 Å². The average Bonchev–Trinajstić information content (AvgIpc) is 2.73. The Morgan fingerprint density at radius 1 is 1.35 bits per heavy atom. The zero-order valence-electron chi connectivity index (χ0n) is 10.3. The molecule has 1 aliphatic heterocycles. The first-order valence-electron chi connectivity index (χ1n) is 6.04. The highest BCUT2D eigenvalue weighted by Gasteiger charge is 2.31. The minimum atomic E-state index is 0.0669. The maximum absolute atomic E-state index is 11.2. The standard InChI is InChI=1S/C13H19N3O/c1-11(2)15-9-8-13(16(15)10-17)14-12-6-4-3-5-7-12/h3-7,10-11,13-14H,8-9H2,1-2H3/t13-/m1/s1. The van der Waals surface area contributed by atoms with E-state index < -0.39 is 0 Å². The molecule has 0 bridgehead atoms. The lowest BCUT2D eigenvalue weighted by Gasteiger charge is -2.32. The Bertz CT molecular complexity index is 366. The Morgan fingerprint density at radius 2 is 2.06 bits per heavy atom. The highest BCUT2D eigenvalue weighted by molar-refractivity contribution is 5.51. The fraction of sp³-hybridized carbons (Fsp3) is 0.462. The van der Waals surface area contributed by atoms with Crippen molar-refractivity contribution in [3.63, 3.8) is 0 Å². The van der Waals surface area contributed by atoms with Gasteiger partial charge in [0, 0.05) is 24.7 Å². The highest BCUT2D eigenvalue weighted by Crippen LogP contribution is 2.21. The van der Waals surface area contributed by atoms with E-state index in [4.69, 9.17) is 0 Å². The summed E-state index contributed by atoms with van der Waals surface area (Å²) in [6, 6.07) is 10.3. The van der Waals surface area contributed by atoms with Crippen molar-refractivity contribution in [2.45, 2.75) is 32.5 Å². The van der Waals surface area contributed by atoms with Gasteiger partial charge >= 0.3 is 0 Å². The van der Waals surface area contributed by atoms with Gasteiger partial charge in [-0.15, -0.1) is 0 Å². The number of amides is 1. The van der Waals surface area contributed by atoms with Crippen LogP contribution in [0.2, 0.25) is 0 Å². The van der Waals surface area contributed by atoms with Crippen LogP contribution >= 0.6 is 0 Å². The summed E-state index contributed by atoms with van der Waals surface area (Å²) in [7, 11) is 0. The molecule has 4 heteroatoms. The largest absolute Gasteiger partial charge is 0.364 e. The first kappa shape index (κ1) is 11.9. The summed E-state index contributed by atoms with van der Waals surface area (Å²) in [5.74, 6) is 0.